The number of allylic oxidation sites excluding steroid dienone is 1. The van der Waals surface area contributed by atoms with Crippen molar-refractivity contribution in [2.24, 2.45) is 5.92 Å². The Kier molecular flexibility index (Phi) is 5.41. The number of benzene rings is 1. The molecule has 0 radical (unpaired) electrons. The summed E-state index contributed by atoms with van der Waals surface area (Å²) in [5.74, 6) is 1.24. The van der Waals surface area contributed by atoms with Gasteiger partial charge in [-0.2, -0.15) is 0 Å². The fraction of sp³-hybridized carbons (Fsp3) is 0.318. The Morgan fingerprint density at radius 3 is 2.77 bits per heavy atom. The van der Waals surface area contributed by atoms with E-state index in [0.29, 0.717) is 29.1 Å². The summed E-state index contributed by atoms with van der Waals surface area (Å²) < 4.78 is 28.6. The fourth-order valence-electron chi connectivity index (χ4n) is 3.69. The Morgan fingerprint density at radius 1 is 1.20 bits per heavy atom. The normalized spacial score (nSPS) is 23.2. The number of aliphatic hydroxyl groups excluding tert-OH is 2. The number of hydrogen-bond donors (Lipinski definition) is 2. The van der Waals surface area contributed by atoms with E-state index < -0.39 is 17.8 Å². The van der Waals surface area contributed by atoms with Crippen LogP contribution in [0.5, 0.6) is 17.2 Å². The van der Waals surface area contributed by atoms with Gasteiger partial charge in [-0.15, -0.1) is 0 Å². The van der Waals surface area contributed by atoms with Crippen LogP contribution in [-0.2, 0) is 4.74 Å². The quantitative estimate of drug-likeness (QED) is 0.568. The monoisotopic (exact) mass is 414 g/mol. The predicted molar refractivity (Wildman–Crippen MR) is 108 cm³/mol. The fourth-order valence-corrected chi connectivity index (χ4v) is 3.69. The van der Waals surface area contributed by atoms with Crippen molar-refractivity contribution in [3.63, 3.8) is 0 Å². The average Bonchev–Trinajstić information content (AvgIpc) is 2.77. The highest BCUT2D eigenvalue weighted by atomic mass is 16.6. The lowest BCUT2D eigenvalue weighted by molar-refractivity contribution is 0.0187. The molecule has 1 aliphatic heterocycles. The lowest BCUT2D eigenvalue weighted by Crippen LogP contribution is -2.44. The summed E-state index contributed by atoms with van der Waals surface area (Å²) >= 11 is 0. The Bertz CT molecular complexity index is 1090. The highest BCUT2D eigenvalue weighted by Gasteiger charge is 2.39. The van der Waals surface area contributed by atoms with Gasteiger partial charge in [0.2, 0.25) is 11.5 Å². The second-order valence-electron chi connectivity index (χ2n) is 6.91. The lowest BCUT2D eigenvalue weighted by atomic mass is 9.89. The number of hydrogen-bond acceptors (Lipinski definition) is 8. The molecule has 8 nitrogen and oxygen atoms in total. The second kappa shape index (κ2) is 8.16. The molecule has 4 rings (SSSR count). The molecule has 2 aromatic rings. The summed E-state index contributed by atoms with van der Waals surface area (Å²) in [6.45, 7) is -0.169. The van der Waals surface area contributed by atoms with E-state index in [-0.39, 0.29) is 29.6 Å². The first kappa shape index (κ1) is 19.9. The number of ether oxygens (including phenoxy) is 4. The highest BCUT2D eigenvalue weighted by Crippen LogP contribution is 2.48. The molecule has 0 bridgehead atoms. The Balaban J connectivity index is 1.83. The van der Waals surface area contributed by atoms with Crippen molar-refractivity contribution < 1.29 is 33.6 Å². The van der Waals surface area contributed by atoms with Gasteiger partial charge in [-0.1, -0.05) is 6.08 Å². The molecule has 30 heavy (non-hydrogen) atoms. The molecule has 1 aromatic heterocycles. The molecular weight excluding hydrogens is 392 g/mol. The van der Waals surface area contributed by atoms with Crippen LogP contribution in [0.25, 0.3) is 11.0 Å². The lowest BCUT2D eigenvalue weighted by Gasteiger charge is -2.37. The minimum atomic E-state index is -0.599. The molecule has 2 aliphatic rings. The zero-order valence-corrected chi connectivity index (χ0v) is 16.5. The number of rotatable bonds is 5. The van der Waals surface area contributed by atoms with Crippen molar-refractivity contribution in [3.8, 4) is 17.2 Å². The van der Waals surface area contributed by atoms with E-state index in [9.17, 15) is 15.0 Å². The van der Waals surface area contributed by atoms with Crippen LogP contribution in [0, 0.1) is 5.92 Å². The molecule has 0 spiro atoms. The Hall–Kier alpha value is -3.39. The smallest absolute Gasteiger partial charge is 0.336 e. The molecule has 0 amide bonds. The third kappa shape index (κ3) is 3.50. The molecule has 2 heterocycles. The van der Waals surface area contributed by atoms with Crippen LogP contribution in [0.1, 0.15) is 6.42 Å². The van der Waals surface area contributed by atoms with Gasteiger partial charge in [-0.05, 0) is 36.8 Å². The predicted octanol–water partition coefficient (Wildman–Crippen LogP) is 2.85. The Morgan fingerprint density at radius 2 is 2.03 bits per heavy atom. The molecule has 1 unspecified atom stereocenters. The van der Waals surface area contributed by atoms with Gasteiger partial charge in [-0.3, -0.25) is 0 Å². The minimum Gasteiger partial charge on any atom is -0.504 e. The van der Waals surface area contributed by atoms with Crippen LogP contribution in [0.15, 0.2) is 63.2 Å². The topological polar surface area (TPSA) is 108 Å². The first-order chi connectivity index (χ1) is 14.5. The van der Waals surface area contributed by atoms with Crippen LogP contribution in [0.2, 0.25) is 0 Å². The summed E-state index contributed by atoms with van der Waals surface area (Å²) in [5.41, 5.74) is -0.253. The van der Waals surface area contributed by atoms with E-state index in [4.69, 9.17) is 23.4 Å². The maximum atomic E-state index is 11.8. The van der Waals surface area contributed by atoms with Crippen molar-refractivity contribution in [3.05, 3.63) is 64.4 Å². The van der Waals surface area contributed by atoms with E-state index in [1.807, 2.05) is 0 Å². The first-order valence-corrected chi connectivity index (χ1v) is 9.46. The van der Waals surface area contributed by atoms with Gasteiger partial charge >= 0.3 is 5.63 Å². The van der Waals surface area contributed by atoms with Gasteiger partial charge in [0.05, 0.1) is 20.8 Å². The summed E-state index contributed by atoms with van der Waals surface area (Å²) in [6.07, 6.45) is 6.07. The maximum Gasteiger partial charge on any atom is 0.336 e. The zero-order chi connectivity index (χ0) is 21.3. The average molecular weight is 414 g/mol. The summed E-state index contributed by atoms with van der Waals surface area (Å²) in [6, 6.07) is 4.66. The van der Waals surface area contributed by atoms with Gasteiger partial charge in [-0.25, -0.2) is 4.79 Å². The minimum absolute atomic E-state index is 0.0682. The van der Waals surface area contributed by atoms with Gasteiger partial charge in [0, 0.05) is 17.4 Å². The highest BCUT2D eigenvalue weighted by molar-refractivity contribution is 5.88. The van der Waals surface area contributed by atoms with E-state index in [0.717, 1.165) is 0 Å². The van der Waals surface area contributed by atoms with Crippen LogP contribution < -0.4 is 19.8 Å². The molecule has 1 aromatic carbocycles. The molecule has 158 valence electrons. The zero-order valence-electron chi connectivity index (χ0n) is 16.5. The number of fused-ring (bicyclic) bond motifs is 3. The van der Waals surface area contributed by atoms with E-state index >= 15 is 0 Å². The third-order valence-corrected chi connectivity index (χ3v) is 5.11. The second-order valence-corrected chi connectivity index (χ2v) is 6.91. The van der Waals surface area contributed by atoms with Crippen LogP contribution in [0.3, 0.4) is 0 Å². The molecule has 3 atom stereocenters. The van der Waals surface area contributed by atoms with Crippen molar-refractivity contribution in [1.82, 2.24) is 0 Å². The van der Waals surface area contributed by atoms with E-state index in [2.05, 4.69) is 0 Å². The molecular formula is C22H22O8. The molecule has 2 N–H and O–H groups in total. The van der Waals surface area contributed by atoms with Gasteiger partial charge < -0.3 is 33.6 Å². The van der Waals surface area contributed by atoms with Crippen molar-refractivity contribution in [1.29, 1.82) is 0 Å². The summed E-state index contributed by atoms with van der Waals surface area (Å²) in [7, 11) is 2.99. The third-order valence-electron chi connectivity index (χ3n) is 5.11. The van der Waals surface area contributed by atoms with Crippen molar-refractivity contribution >= 4 is 11.0 Å². The van der Waals surface area contributed by atoms with Crippen molar-refractivity contribution in [2.45, 2.75) is 18.6 Å². The van der Waals surface area contributed by atoms with Crippen LogP contribution in [0.4, 0.5) is 0 Å². The van der Waals surface area contributed by atoms with E-state index in [1.54, 1.807) is 36.4 Å². The van der Waals surface area contributed by atoms with Crippen LogP contribution in [-0.4, -0.2) is 43.2 Å². The summed E-state index contributed by atoms with van der Waals surface area (Å²) in [5, 5.41) is 19.8. The largest absolute Gasteiger partial charge is 0.504 e. The SMILES string of the molecule is COC1=CC([C@H]2Oc3c(OC)cc4ccc(=O)oc4c3O[C@@H]2/C=C\CO)CC=C1O. The molecule has 0 fully saturated rings. The Labute approximate surface area is 172 Å². The molecule has 0 saturated carbocycles. The molecule has 8 heteroatoms. The van der Waals surface area contributed by atoms with Gasteiger partial charge in [0.25, 0.3) is 0 Å². The molecule has 1 aliphatic carbocycles. The summed E-state index contributed by atoms with van der Waals surface area (Å²) in [4.78, 5) is 11.8. The first-order valence-electron chi connectivity index (χ1n) is 9.46. The van der Waals surface area contributed by atoms with Crippen molar-refractivity contribution in [2.75, 3.05) is 20.8 Å². The van der Waals surface area contributed by atoms with Gasteiger partial charge in [0.1, 0.15) is 6.10 Å². The maximum absolute atomic E-state index is 11.8. The van der Waals surface area contributed by atoms with E-state index in [1.165, 1.54) is 20.3 Å². The number of methoxy groups -OCH3 is 2. The van der Waals surface area contributed by atoms with Gasteiger partial charge in [0.15, 0.2) is 29.0 Å². The standard InChI is InChI=1S/C22H22O8/c1-26-16-10-12(5-7-14(16)24)19-15(4-3-9-23)28-22-20-13(6-8-18(25)29-20)11-17(27-2)21(22)30-19/h3-4,6-8,10-12,15,19,23-24H,5,9H2,1-2H3/b4-3-/t12?,15-,19-/m1/s1. The molecule has 0 saturated heterocycles. The number of aliphatic hydroxyl groups is 2. The van der Waals surface area contributed by atoms with Crippen LogP contribution >= 0.6 is 0 Å².